The molecule has 1 fully saturated rings. The van der Waals surface area contributed by atoms with Gasteiger partial charge in [0.1, 0.15) is 0 Å². The Morgan fingerprint density at radius 3 is 2.72 bits per heavy atom. The molecule has 1 N–H and O–H groups in total. The molecule has 0 aliphatic carbocycles. The quantitative estimate of drug-likeness (QED) is 0.572. The van der Waals surface area contributed by atoms with E-state index in [9.17, 15) is 0 Å². The minimum atomic E-state index is 0.623. The van der Waals surface area contributed by atoms with Crippen LogP contribution in [0.4, 0.5) is 0 Å². The Hall–Kier alpha value is -2.34. The number of benzene rings is 1. The maximum Gasteiger partial charge on any atom is 0.193 e. The van der Waals surface area contributed by atoms with Gasteiger partial charge >= 0.3 is 0 Å². The first-order chi connectivity index (χ1) is 14.1. The lowest BCUT2D eigenvalue weighted by atomic mass is 9.96. The highest BCUT2D eigenvalue weighted by Crippen LogP contribution is 2.19. The lowest BCUT2D eigenvalue weighted by Gasteiger charge is -2.27. The van der Waals surface area contributed by atoms with Crippen molar-refractivity contribution in [2.75, 3.05) is 33.4 Å². The normalized spacial score (nSPS) is 15.5. The topological polar surface area (TPSA) is 54.7 Å². The third-order valence-corrected chi connectivity index (χ3v) is 5.54. The van der Waals surface area contributed by atoms with Gasteiger partial charge < -0.3 is 15.0 Å². The first-order valence-corrected chi connectivity index (χ1v) is 10.8. The molecule has 0 atom stereocenters. The smallest absolute Gasteiger partial charge is 0.193 e. The molecule has 0 saturated carbocycles. The van der Waals surface area contributed by atoms with Crippen LogP contribution in [0.15, 0.2) is 35.3 Å². The Labute approximate surface area is 175 Å². The van der Waals surface area contributed by atoms with Crippen LogP contribution in [0, 0.1) is 19.8 Å². The molecule has 0 radical (unpaired) electrons. The standard InChI is InChI=1S/C23H35N5O/c1-5-24-23(27(4)13-10-20-11-14-29-15-12-20)25-17-21-8-6-7-9-22(21)28-19(3)16-18(2)26-28/h6-9,16,20H,5,10-15,17H2,1-4H3,(H,24,25). The van der Waals surface area contributed by atoms with Gasteiger partial charge in [-0.15, -0.1) is 0 Å². The molecule has 1 aliphatic rings. The second kappa shape index (κ2) is 10.4. The molecule has 158 valence electrons. The molecule has 2 heterocycles. The van der Waals surface area contributed by atoms with Crippen molar-refractivity contribution in [1.29, 1.82) is 0 Å². The number of hydrogen-bond acceptors (Lipinski definition) is 3. The fourth-order valence-electron chi connectivity index (χ4n) is 3.87. The average molecular weight is 398 g/mol. The molecule has 1 aromatic carbocycles. The Bertz CT molecular complexity index is 807. The molecule has 29 heavy (non-hydrogen) atoms. The summed E-state index contributed by atoms with van der Waals surface area (Å²) in [5.41, 5.74) is 4.44. The van der Waals surface area contributed by atoms with Crippen molar-refractivity contribution in [3.05, 3.63) is 47.3 Å². The third-order valence-electron chi connectivity index (χ3n) is 5.54. The zero-order valence-electron chi connectivity index (χ0n) is 18.3. The number of guanidine groups is 1. The number of nitrogens with zero attached hydrogens (tertiary/aromatic N) is 4. The maximum absolute atomic E-state index is 5.48. The van der Waals surface area contributed by atoms with Crippen LogP contribution in [-0.4, -0.2) is 54.0 Å². The van der Waals surface area contributed by atoms with Crippen molar-refractivity contribution in [2.45, 2.75) is 46.6 Å². The first-order valence-electron chi connectivity index (χ1n) is 10.8. The molecule has 0 unspecified atom stereocenters. The summed E-state index contributed by atoms with van der Waals surface area (Å²) in [6.45, 7) is 10.5. The number of rotatable bonds is 7. The van der Waals surface area contributed by atoms with E-state index in [2.05, 4.69) is 66.5 Å². The van der Waals surface area contributed by atoms with Crippen molar-refractivity contribution >= 4 is 5.96 Å². The zero-order valence-corrected chi connectivity index (χ0v) is 18.3. The van der Waals surface area contributed by atoms with E-state index in [4.69, 9.17) is 9.73 Å². The fourth-order valence-corrected chi connectivity index (χ4v) is 3.87. The van der Waals surface area contributed by atoms with Crippen molar-refractivity contribution in [1.82, 2.24) is 20.0 Å². The van der Waals surface area contributed by atoms with Gasteiger partial charge in [-0.2, -0.15) is 5.10 Å². The van der Waals surface area contributed by atoms with E-state index in [0.29, 0.717) is 6.54 Å². The third kappa shape index (κ3) is 5.82. The van der Waals surface area contributed by atoms with E-state index in [1.807, 2.05) is 11.6 Å². The van der Waals surface area contributed by atoms with Crippen LogP contribution in [0.2, 0.25) is 0 Å². The van der Waals surface area contributed by atoms with Crippen LogP contribution in [0.1, 0.15) is 43.1 Å². The van der Waals surface area contributed by atoms with Crippen molar-refractivity contribution < 1.29 is 4.74 Å². The molecular formula is C23H35N5O. The molecule has 1 aliphatic heterocycles. The molecule has 2 aromatic rings. The van der Waals surface area contributed by atoms with Crippen LogP contribution in [0.3, 0.4) is 0 Å². The lowest BCUT2D eigenvalue weighted by Crippen LogP contribution is -2.40. The van der Waals surface area contributed by atoms with Crippen molar-refractivity contribution in [3.8, 4) is 5.69 Å². The van der Waals surface area contributed by atoms with Crippen LogP contribution in [0.5, 0.6) is 0 Å². The van der Waals surface area contributed by atoms with Gasteiger partial charge in [0, 0.05) is 39.0 Å². The molecule has 0 amide bonds. The van der Waals surface area contributed by atoms with Gasteiger partial charge in [0.25, 0.3) is 0 Å². The van der Waals surface area contributed by atoms with Gasteiger partial charge in [-0.05, 0) is 63.6 Å². The number of para-hydroxylation sites is 1. The first kappa shape index (κ1) is 21.4. The Morgan fingerprint density at radius 2 is 2.03 bits per heavy atom. The second-order valence-electron chi connectivity index (χ2n) is 7.90. The Balaban J connectivity index is 1.70. The summed E-state index contributed by atoms with van der Waals surface area (Å²) in [4.78, 5) is 7.19. The van der Waals surface area contributed by atoms with E-state index in [0.717, 1.165) is 55.3 Å². The van der Waals surface area contributed by atoms with Crippen LogP contribution in [0.25, 0.3) is 5.69 Å². The number of aryl methyl sites for hydroxylation is 2. The summed E-state index contributed by atoms with van der Waals surface area (Å²) in [6, 6.07) is 10.5. The highest BCUT2D eigenvalue weighted by atomic mass is 16.5. The van der Waals surface area contributed by atoms with E-state index in [1.54, 1.807) is 0 Å². The van der Waals surface area contributed by atoms with Gasteiger partial charge in [0.15, 0.2) is 5.96 Å². The van der Waals surface area contributed by atoms with Gasteiger partial charge in [0.05, 0.1) is 17.9 Å². The number of aliphatic imine (C=N–C) groups is 1. The Kier molecular flexibility index (Phi) is 7.69. The molecule has 1 aromatic heterocycles. The summed E-state index contributed by atoms with van der Waals surface area (Å²) < 4.78 is 7.50. The monoisotopic (exact) mass is 397 g/mol. The molecular weight excluding hydrogens is 362 g/mol. The summed E-state index contributed by atoms with van der Waals surface area (Å²) in [5.74, 6) is 1.73. The highest BCUT2D eigenvalue weighted by Gasteiger charge is 2.16. The fraction of sp³-hybridized carbons (Fsp3) is 0.565. The maximum atomic E-state index is 5.48. The largest absolute Gasteiger partial charge is 0.381 e. The minimum Gasteiger partial charge on any atom is -0.381 e. The average Bonchev–Trinajstić information content (AvgIpc) is 3.08. The van der Waals surface area contributed by atoms with Gasteiger partial charge in [0.2, 0.25) is 0 Å². The van der Waals surface area contributed by atoms with E-state index in [1.165, 1.54) is 24.8 Å². The summed E-state index contributed by atoms with van der Waals surface area (Å²) in [7, 11) is 2.13. The Morgan fingerprint density at radius 1 is 1.28 bits per heavy atom. The molecule has 0 spiro atoms. The van der Waals surface area contributed by atoms with Crippen molar-refractivity contribution in [3.63, 3.8) is 0 Å². The van der Waals surface area contributed by atoms with E-state index in [-0.39, 0.29) is 0 Å². The second-order valence-corrected chi connectivity index (χ2v) is 7.90. The summed E-state index contributed by atoms with van der Waals surface area (Å²) in [6.07, 6.45) is 3.54. The zero-order chi connectivity index (χ0) is 20.6. The predicted molar refractivity (Wildman–Crippen MR) is 119 cm³/mol. The van der Waals surface area contributed by atoms with E-state index >= 15 is 0 Å². The highest BCUT2D eigenvalue weighted by molar-refractivity contribution is 5.79. The van der Waals surface area contributed by atoms with Crippen LogP contribution >= 0.6 is 0 Å². The molecule has 6 heteroatoms. The molecule has 6 nitrogen and oxygen atoms in total. The van der Waals surface area contributed by atoms with E-state index < -0.39 is 0 Å². The summed E-state index contributed by atoms with van der Waals surface area (Å²) in [5, 5.41) is 8.10. The molecule has 3 rings (SSSR count). The number of aromatic nitrogens is 2. The summed E-state index contributed by atoms with van der Waals surface area (Å²) >= 11 is 0. The number of ether oxygens (including phenoxy) is 1. The van der Waals surface area contributed by atoms with Crippen molar-refractivity contribution in [2.24, 2.45) is 10.9 Å². The molecule has 0 bridgehead atoms. The predicted octanol–water partition coefficient (Wildman–Crippen LogP) is 3.70. The number of hydrogen-bond donors (Lipinski definition) is 1. The number of nitrogens with one attached hydrogen (secondary N) is 1. The lowest BCUT2D eigenvalue weighted by molar-refractivity contribution is 0.0625. The van der Waals surface area contributed by atoms with Gasteiger partial charge in [-0.3, -0.25) is 0 Å². The van der Waals surface area contributed by atoms with Gasteiger partial charge in [-0.25, -0.2) is 9.67 Å². The SMILES string of the molecule is CCNC(=NCc1ccccc1-n1nc(C)cc1C)N(C)CCC1CCOCC1. The van der Waals surface area contributed by atoms with Gasteiger partial charge in [-0.1, -0.05) is 18.2 Å². The minimum absolute atomic E-state index is 0.623. The molecule has 1 saturated heterocycles. The van der Waals surface area contributed by atoms with Crippen LogP contribution < -0.4 is 5.32 Å². The van der Waals surface area contributed by atoms with Crippen LogP contribution in [-0.2, 0) is 11.3 Å².